The van der Waals surface area contributed by atoms with Gasteiger partial charge in [-0.05, 0) is 33.1 Å². The van der Waals surface area contributed by atoms with Gasteiger partial charge in [-0.1, -0.05) is 0 Å². The maximum Gasteiger partial charge on any atom is 0.111 e. The van der Waals surface area contributed by atoms with Crippen molar-refractivity contribution < 1.29 is 9.84 Å². The highest BCUT2D eigenvalue weighted by Crippen LogP contribution is 2.02. The smallest absolute Gasteiger partial charge is 0.111 e. The van der Waals surface area contributed by atoms with Gasteiger partial charge in [0.2, 0.25) is 0 Å². The molecule has 0 aliphatic rings. The second-order valence-electron chi connectivity index (χ2n) is 3.24. The van der Waals surface area contributed by atoms with E-state index in [4.69, 9.17) is 15.6 Å². The SMILES string of the molecule is CC(C)(N)OCCCCCO. The molecule has 0 aliphatic carbocycles. The Morgan fingerprint density at radius 1 is 1.27 bits per heavy atom. The first kappa shape index (κ1) is 10.9. The van der Waals surface area contributed by atoms with Crippen LogP contribution in [0.1, 0.15) is 33.1 Å². The minimum atomic E-state index is -0.515. The fourth-order valence-electron chi connectivity index (χ4n) is 0.726. The molecule has 0 saturated carbocycles. The van der Waals surface area contributed by atoms with Gasteiger partial charge in [0.1, 0.15) is 5.72 Å². The zero-order valence-electron chi connectivity index (χ0n) is 7.47. The van der Waals surface area contributed by atoms with Gasteiger partial charge in [0.25, 0.3) is 0 Å². The van der Waals surface area contributed by atoms with E-state index in [-0.39, 0.29) is 6.61 Å². The van der Waals surface area contributed by atoms with Crippen molar-refractivity contribution in [3.8, 4) is 0 Å². The number of hydrogen-bond acceptors (Lipinski definition) is 3. The molecule has 0 atom stereocenters. The van der Waals surface area contributed by atoms with E-state index >= 15 is 0 Å². The number of aliphatic hydroxyl groups is 1. The quantitative estimate of drug-likeness (QED) is 0.449. The summed E-state index contributed by atoms with van der Waals surface area (Å²) < 4.78 is 5.27. The van der Waals surface area contributed by atoms with Crippen LogP contribution < -0.4 is 5.73 Å². The molecule has 0 spiro atoms. The van der Waals surface area contributed by atoms with Gasteiger partial charge < -0.3 is 15.6 Å². The van der Waals surface area contributed by atoms with Crippen LogP contribution >= 0.6 is 0 Å². The molecule has 0 radical (unpaired) electrons. The number of ether oxygens (including phenoxy) is 1. The van der Waals surface area contributed by atoms with Gasteiger partial charge in [0.15, 0.2) is 0 Å². The molecule has 0 aromatic heterocycles. The third-order valence-corrected chi connectivity index (χ3v) is 1.28. The average Bonchev–Trinajstić information content (AvgIpc) is 1.85. The molecule has 11 heavy (non-hydrogen) atoms. The largest absolute Gasteiger partial charge is 0.396 e. The lowest BCUT2D eigenvalue weighted by Crippen LogP contribution is -2.35. The highest BCUT2D eigenvalue weighted by Gasteiger charge is 2.08. The molecule has 0 heterocycles. The van der Waals surface area contributed by atoms with Crippen molar-refractivity contribution in [2.75, 3.05) is 13.2 Å². The molecule has 0 amide bonds. The first-order chi connectivity index (χ1) is 5.06. The van der Waals surface area contributed by atoms with Crippen molar-refractivity contribution >= 4 is 0 Å². The van der Waals surface area contributed by atoms with Crippen LogP contribution in [0.25, 0.3) is 0 Å². The molecule has 0 bridgehead atoms. The van der Waals surface area contributed by atoms with Crippen molar-refractivity contribution in [3.63, 3.8) is 0 Å². The Kier molecular flexibility index (Phi) is 5.46. The zero-order valence-corrected chi connectivity index (χ0v) is 7.47. The maximum atomic E-state index is 8.46. The van der Waals surface area contributed by atoms with Gasteiger partial charge in [-0.15, -0.1) is 0 Å². The number of rotatable bonds is 6. The number of aliphatic hydroxyl groups excluding tert-OH is 1. The first-order valence-corrected chi connectivity index (χ1v) is 4.10. The Morgan fingerprint density at radius 2 is 1.91 bits per heavy atom. The molecule has 3 heteroatoms. The Bertz CT molecular complexity index is 88.6. The molecule has 0 rings (SSSR count). The second-order valence-corrected chi connectivity index (χ2v) is 3.24. The average molecular weight is 161 g/mol. The van der Waals surface area contributed by atoms with E-state index in [1.165, 1.54) is 0 Å². The fraction of sp³-hybridized carbons (Fsp3) is 1.00. The molecular weight excluding hydrogens is 142 g/mol. The van der Waals surface area contributed by atoms with E-state index in [1.54, 1.807) is 0 Å². The highest BCUT2D eigenvalue weighted by molar-refractivity contribution is 4.55. The van der Waals surface area contributed by atoms with Crippen molar-refractivity contribution in [1.29, 1.82) is 0 Å². The maximum absolute atomic E-state index is 8.46. The van der Waals surface area contributed by atoms with E-state index in [9.17, 15) is 0 Å². The summed E-state index contributed by atoms with van der Waals surface area (Å²) in [5.41, 5.74) is 5.06. The summed E-state index contributed by atoms with van der Waals surface area (Å²) in [7, 11) is 0. The van der Waals surface area contributed by atoms with Gasteiger partial charge in [-0.2, -0.15) is 0 Å². The van der Waals surface area contributed by atoms with Gasteiger partial charge in [0, 0.05) is 13.2 Å². The lowest BCUT2D eigenvalue weighted by Gasteiger charge is -2.19. The highest BCUT2D eigenvalue weighted by atomic mass is 16.5. The summed E-state index contributed by atoms with van der Waals surface area (Å²) in [6.07, 6.45) is 2.84. The molecule has 0 aromatic rings. The Morgan fingerprint density at radius 3 is 2.36 bits per heavy atom. The van der Waals surface area contributed by atoms with Crippen LogP contribution in [0.15, 0.2) is 0 Å². The summed E-state index contributed by atoms with van der Waals surface area (Å²) in [4.78, 5) is 0. The zero-order chi connectivity index (χ0) is 8.74. The first-order valence-electron chi connectivity index (χ1n) is 4.10. The minimum absolute atomic E-state index is 0.270. The summed E-state index contributed by atoms with van der Waals surface area (Å²) in [5, 5.41) is 8.46. The van der Waals surface area contributed by atoms with Crippen LogP contribution in [-0.4, -0.2) is 24.0 Å². The fourth-order valence-corrected chi connectivity index (χ4v) is 0.726. The Balaban J connectivity index is 3.02. The van der Waals surface area contributed by atoms with Crippen molar-refractivity contribution in [1.82, 2.24) is 0 Å². The number of unbranched alkanes of at least 4 members (excludes halogenated alkanes) is 2. The van der Waals surface area contributed by atoms with Gasteiger partial charge in [-0.25, -0.2) is 0 Å². The molecular formula is C8H19NO2. The molecule has 0 unspecified atom stereocenters. The van der Waals surface area contributed by atoms with Crippen molar-refractivity contribution in [3.05, 3.63) is 0 Å². The summed E-state index contributed by atoms with van der Waals surface area (Å²) in [5.74, 6) is 0. The number of hydrogen-bond donors (Lipinski definition) is 2. The molecule has 0 aliphatic heterocycles. The normalized spacial score (nSPS) is 12.0. The summed E-state index contributed by atoms with van der Waals surface area (Å²) in [6, 6.07) is 0. The van der Waals surface area contributed by atoms with Crippen LogP contribution in [0.2, 0.25) is 0 Å². The van der Waals surface area contributed by atoms with Crippen molar-refractivity contribution in [2.24, 2.45) is 5.73 Å². The van der Waals surface area contributed by atoms with Crippen LogP contribution in [-0.2, 0) is 4.74 Å². The molecule has 0 aromatic carbocycles. The monoisotopic (exact) mass is 161 g/mol. The molecule has 0 fully saturated rings. The number of nitrogens with two attached hydrogens (primary N) is 1. The Hall–Kier alpha value is -0.120. The topological polar surface area (TPSA) is 55.5 Å². The van der Waals surface area contributed by atoms with Crippen LogP contribution in [0.5, 0.6) is 0 Å². The summed E-state index contributed by atoms with van der Waals surface area (Å²) in [6.45, 7) is 4.62. The predicted octanol–water partition coefficient (Wildman–Crippen LogP) is 0.860. The van der Waals surface area contributed by atoms with Gasteiger partial charge in [-0.3, -0.25) is 0 Å². The van der Waals surface area contributed by atoms with Crippen LogP contribution in [0.4, 0.5) is 0 Å². The van der Waals surface area contributed by atoms with Crippen LogP contribution in [0, 0.1) is 0 Å². The van der Waals surface area contributed by atoms with Gasteiger partial charge >= 0.3 is 0 Å². The molecule has 68 valence electrons. The predicted molar refractivity (Wildman–Crippen MR) is 45.2 cm³/mol. The molecule has 3 N–H and O–H groups in total. The van der Waals surface area contributed by atoms with E-state index < -0.39 is 5.72 Å². The second kappa shape index (κ2) is 5.52. The Labute approximate surface area is 68.5 Å². The van der Waals surface area contributed by atoms with E-state index in [0.29, 0.717) is 6.61 Å². The van der Waals surface area contributed by atoms with Crippen molar-refractivity contribution in [2.45, 2.75) is 38.8 Å². The van der Waals surface area contributed by atoms with E-state index in [2.05, 4.69) is 0 Å². The third-order valence-electron chi connectivity index (χ3n) is 1.28. The molecule has 3 nitrogen and oxygen atoms in total. The van der Waals surface area contributed by atoms with E-state index in [0.717, 1.165) is 19.3 Å². The van der Waals surface area contributed by atoms with Gasteiger partial charge in [0.05, 0.1) is 0 Å². The minimum Gasteiger partial charge on any atom is -0.396 e. The summed E-state index contributed by atoms with van der Waals surface area (Å²) >= 11 is 0. The lowest BCUT2D eigenvalue weighted by atomic mass is 10.2. The third kappa shape index (κ3) is 9.88. The van der Waals surface area contributed by atoms with Crippen LogP contribution in [0.3, 0.4) is 0 Å². The molecule has 0 saturated heterocycles. The van der Waals surface area contributed by atoms with E-state index in [1.807, 2.05) is 13.8 Å². The lowest BCUT2D eigenvalue weighted by molar-refractivity contribution is -0.0144. The standard InChI is InChI=1S/C8H19NO2/c1-8(2,9)11-7-5-3-4-6-10/h10H,3-7,9H2,1-2H3.